The molecule has 10 nitrogen and oxygen atoms in total. The summed E-state index contributed by atoms with van der Waals surface area (Å²) in [7, 11) is -2.33. The molecule has 0 unspecified atom stereocenters. The van der Waals surface area contributed by atoms with Crippen molar-refractivity contribution in [3.63, 3.8) is 0 Å². The summed E-state index contributed by atoms with van der Waals surface area (Å²) in [6.07, 6.45) is 0.933. The van der Waals surface area contributed by atoms with Crippen LogP contribution in [0.1, 0.15) is 119 Å². The third-order valence-electron chi connectivity index (χ3n) is 18.5. The Balaban J connectivity index is 0.917. The molecule has 6 aliphatic heterocycles. The minimum Gasteiger partial charge on any atom is -0.410 e. The first-order valence-electron chi connectivity index (χ1n) is 27.4. The van der Waals surface area contributed by atoms with E-state index in [4.69, 9.17) is 42.3 Å². The van der Waals surface area contributed by atoms with Gasteiger partial charge in [-0.25, -0.2) is 0 Å². The van der Waals surface area contributed by atoms with Crippen LogP contribution in [0.2, 0.25) is 16.6 Å². The van der Waals surface area contributed by atoms with Gasteiger partial charge in [0, 0.05) is 31.1 Å². The molecule has 0 saturated carbocycles. The molecule has 71 heavy (non-hydrogen) atoms. The molecule has 6 aliphatic rings. The molecule has 6 fully saturated rings. The Morgan fingerprint density at radius 2 is 1.17 bits per heavy atom. The fourth-order valence-corrected chi connectivity index (χ4v) is 20.0. The molecule has 0 radical (unpaired) electrons. The van der Waals surface area contributed by atoms with Crippen LogP contribution in [-0.2, 0) is 55.5 Å². The molecule has 1 N–H and O–H groups in total. The van der Waals surface area contributed by atoms with Gasteiger partial charge in [0.1, 0.15) is 11.7 Å². The summed E-state index contributed by atoms with van der Waals surface area (Å²) in [6, 6.07) is 30.1. The molecule has 17 atom stereocenters. The normalized spacial score (nSPS) is 38.7. The monoisotopic (exact) mass is 993 g/mol. The maximum Gasteiger partial charge on any atom is 0.200 e. The number of rotatable bonds is 12. The topological polar surface area (TPSA) is 103 Å². The quantitative estimate of drug-likeness (QED) is 0.138. The van der Waals surface area contributed by atoms with Gasteiger partial charge in [-0.2, -0.15) is 0 Å². The van der Waals surface area contributed by atoms with Crippen molar-refractivity contribution in [2.24, 2.45) is 23.7 Å². The van der Waals surface area contributed by atoms with Crippen LogP contribution in [0.3, 0.4) is 0 Å². The van der Waals surface area contributed by atoms with E-state index >= 15 is 0 Å². The lowest BCUT2D eigenvalue weighted by atomic mass is 9.75. The Bertz CT molecular complexity index is 2420. The predicted molar refractivity (Wildman–Crippen MR) is 281 cm³/mol. The summed E-state index contributed by atoms with van der Waals surface area (Å²) >= 11 is 0. The number of fused-ring (bicyclic) bond motifs is 6. The van der Waals surface area contributed by atoms with Crippen LogP contribution in [0, 0.1) is 23.7 Å². The zero-order valence-corrected chi connectivity index (χ0v) is 45.5. The highest BCUT2D eigenvalue weighted by molar-refractivity contribution is 6.77. The molecule has 1 spiro atoms. The van der Waals surface area contributed by atoms with Gasteiger partial charge in [-0.1, -0.05) is 142 Å². The fraction of sp³-hybridized carbons (Fsp3) is 0.667. The van der Waals surface area contributed by atoms with E-state index in [0.29, 0.717) is 61.6 Å². The van der Waals surface area contributed by atoms with Crippen LogP contribution in [-0.4, -0.2) is 105 Å². The lowest BCUT2D eigenvalue weighted by Crippen LogP contribution is -2.64. The number of ether oxygens (including phenoxy) is 8. The molecule has 11 heteroatoms. The van der Waals surface area contributed by atoms with Crippen LogP contribution in [0.15, 0.2) is 84.9 Å². The minimum atomic E-state index is -2.33. The Morgan fingerprint density at radius 3 is 1.79 bits per heavy atom. The van der Waals surface area contributed by atoms with Gasteiger partial charge in [-0.3, -0.25) is 0 Å². The molecular weight excluding hydrogens is 909 g/mol. The van der Waals surface area contributed by atoms with Gasteiger partial charge in [0.05, 0.1) is 87.5 Å². The third kappa shape index (κ3) is 9.87. The smallest absolute Gasteiger partial charge is 0.200 e. The van der Waals surface area contributed by atoms with E-state index in [9.17, 15) is 5.11 Å². The minimum absolute atomic E-state index is 0.0119. The van der Waals surface area contributed by atoms with Gasteiger partial charge in [0.2, 0.25) is 8.32 Å². The average molecular weight is 993 g/mol. The van der Waals surface area contributed by atoms with Gasteiger partial charge >= 0.3 is 0 Å². The van der Waals surface area contributed by atoms with E-state index in [1.165, 1.54) is 21.5 Å². The standard InChI is InChI=1S/C60H84O10Si/c1-35(2)71(36(3)4,37(5)6)70-54-29-51-52(68-59(54,11)34-61)25-38(7)24-49-50(65-51)28-53-55(66-49)40(9)56(63-32-43-21-23-45-17-13-15-19-47(45)27-43)58-57(67-53)39(8)41(10)60(69-58)30-48(33-64-60)62-31-42-20-22-44-16-12-14-18-46(44)26-42/h12-23,26-27,35-41,48-58,61H,24-25,28-34H2,1-11H3/t38-,39+,40-,41+,48+,49+,50-,51+,52-,53+,54-,55-,56+,57-,58+,59+,60-/m1/s1. The molecule has 0 aromatic heterocycles. The Hall–Kier alpha value is -2.78. The van der Waals surface area contributed by atoms with E-state index in [0.717, 1.165) is 24.0 Å². The first-order valence-corrected chi connectivity index (χ1v) is 29.6. The lowest BCUT2D eigenvalue weighted by molar-refractivity contribution is -0.342. The number of hydrogen-bond donors (Lipinski definition) is 1. The summed E-state index contributed by atoms with van der Waals surface area (Å²) < 4.78 is 65.1. The van der Waals surface area contributed by atoms with Crippen molar-refractivity contribution < 1.29 is 47.4 Å². The van der Waals surface area contributed by atoms with Crippen LogP contribution in [0.4, 0.5) is 0 Å². The van der Waals surface area contributed by atoms with Crippen molar-refractivity contribution in [1.82, 2.24) is 0 Å². The number of aliphatic hydroxyl groups is 1. The summed E-state index contributed by atoms with van der Waals surface area (Å²) in [5.74, 6) is -0.557. The second kappa shape index (κ2) is 20.7. The van der Waals surface area contributed by atoms with Gasteiger partial charge in [0.15, 0.2) is 5.79 Å². The number of hydrogen-bond acceptors (Lipinski definition) is 10. The summed E-state index contributed by atoms with van der Waals surface area (Å²) in [5, 5.41) is 15.9. The van der Waals surface area contributed by atoms with Crippen molar-refractivity contribution in [3.05, 3.63) is 96.1 Å². The van der Waals surface area contributed by atoms with Gasteiger partial charge in [-0.05, 0) is 93.0 Å². The first-order chi connectivity index (χ1) is 34.0. The van der Waals surface area contributed by atoms with E-state index < -0.39 is 25.8 Å². The molecule has 4 aromatic rings. The third-order valence-corrected chi connectivity index (χ3v) is 24.6. The zero-order valence-electron chi connectivity index (χ0n) is 44.5. The number of aliphatic hydroxyl groups excluding tert-OH is 1. The van der Waals surface area contributed by atoms with E-state index in [-0.39, 0.29) is 85.4 Å². The van der Waals surface area contributed by atoms with Crippen LogP contribution in [0.5, 0.6) is 0 Å². The van der Waals surface area contributed by atoms with Crippen molar-refractivity contribution in [1.29, 1.82) is 0 Å². The Kier molecular flexibility index (Phi) is 15.1. The highest BCUT2D eigenvalue weighted by Gasteiger charge is 2.62. The Labute approximate surface area is 425 Å². The maximum atomic E-state index is 11.1. The second-order valence-corrected chi connectivity index (χ2v) is 29.5. The molecule has 10 rings (SSSR count). The molecule has 4 aromatic carbocycles. The number of benzene rings is 4. The lowest BCUT2D eigenvalue weighted by Gasteiger charge is -2.55. The van der Waals surface area contributed by atoms with Gasteiger partial charge in [-0.15, -0.1) is 0 Å². The van der Waals surface area contributed by atoms with E-state index in [1.807, 2.05) is 0 Å². The molecule has 0 amide bonds. The van der Waals surface area contributed by atoms with Crippen LogP contribution < -0.4 is 0 Å². The molecular formula is C60H84O10Si. The zero-order chi connectivity index (χ0) is 50.0. The van der Waals surface area contributed by atoms with Crippen molar-refractivity contribution in [2.45, 2.75) is 217 Å². The average Bonchev–Trinajstić information content (AvgIpc) is 3.72. The van der Waals surface area contributed by atoms with Crippen molar-refractivity contribution >= 4 is 29.9 Å². The second-order valence-electron chi connectivity index (χ2n) is 24.1. The molecule has 6 saturated heterocycles. The molecule has 0 bridgehead atoms. The summed E-state index contributed by atoms with van der Waals surface area (Å²) in [4.78, 5) is 0. The largest absolute Gasteiger partial charge is 0.410 e. The van der Waals surface area contributed by atoms with Crippen molar-refractivity contribution in [3.8, 4) is 0 Å². The summed E-state index contributed by atoms with van der Waals surface area (Å²) in [6.45, 7) is 26.4. The Morgan fingerprint density at radius 1 is 0.606 bits per heavy atom. The van der Waals surface area contributed by atoms with E-state index in [1.54, 1.807) is 0 Å². The van der Waals surface area contributed by atoms with Crippen molar-refractivity contribution in [2.75, 3.05) is 13.2 Å². The predicted octanol–water partition coefficient (Wildman–Crippen LogP) is 12.1. The maximum absolute atomic E-state index is 11.1. The summed E-state index contributed by atoms with van der Waals surface area (Å²) in [5.41, 5.74) is 2.62. The molecule has 0 aliphatic carbocycles. The van der Waals surface area contributed by atoms with Gasteiger partial charge < -0.3 is 47.4 Å². The van der Waals surface area contributed by atoms with Crippen LogP contribution >= 0.6 is 0 Å². The molecule has 6 heterocycles. The fourth-order valence-electron chi connectivity index (χ4n) is 14.4. The molecule has 388 valence electrons. The van der Waals surface area contributed by atoms with Gasteiger partial charge in [0.25, 0.3) is 0 Å². The SMILES string of the molecule is CC(C)[Si](O[C@@H]1C[C@@H]2O[C@@H]3C[C@@H]4O[C@@H]5[C@@H](C)[C@H](C)[C@@]6(C[C@H](OCc7ccc8ccccc8c7)CO6)O[C@H]5[C@@H](OCc5ccc6ccccc6c5)[C@H](C)[C@H]4O[C@H]3C[C@@H](C)C[C@H]2O[C@@]1(C)CO)(C(C)C)C(C)C. The first kappa shape index (κ1) is 51.7. The highest BCUT2D eigenvalue weighted by Crippen LogP contribution is 2.53. The van der Waals surface area contributed by atoms with E-state index in [2.05, 4.69) is 161 Å². The van der Waals surface area contributed by atoms with Crippen LogP contribution in [0.25, 0.3) is 21.5 Å². The highest BCUT2D eigenvalue weighted by atomic mass is 28.4.